The van der Waals surface area contributed by atoms with Gasteiger partial charge in [0.2, 0.25) is 0 Å². The number of aliphatic carboxylic acids is 1. The lowest BCUT2D eigenvalue weighted by Crippen LogP contribution is -2.39. The molecule has 7 heteroatoms. The predicted octanol–water partition coefficient (Wildman–Crippen LogP) is 6.97. The number of rotatable bonds is 14. The number of allylic oxidation sites excluding steroid dienone is 1. The second-order valence-electron chi connectivity index (χ2n) is 9.33. The number of unbranched alkanes of at least 4 members (excludes halogenated alkanes) is 2. The molecular weight excluding hydrogens is 436 g/mol. The Kier molecular flexibility index (Phi) is 10.4. The number of imidazole rings is 1. The van der Waals surface area contributed by atoms with Gasteiger partial charge in [-0.05, 0) is 43.2 Å². The maximum atomic E-state index is 12.5. The molecule has 0 saturated carbocycles. The first-order valence-corrected chi connectivity index (χ1v) is 16.4. The van der Waals surface area contributed by atoms with E-state index in [0.717, 1.165) is 60.5 Å². The molecular formula is C25H40N2O3SSi. The van der Waals surface area contributed by atoms with Crippen LogP contribution in [0.2, 0.25) is 19.6 Å². The normalized spacial score (nSPS) is 13.8. The number of nitrogens with zero attached hydrogens (tertiary/aromatic N) is 2. The van der Waals surface area contributed by atoms with Crippen LogP contribution in [0.3, 0.4) is 0 Å². The van der Waals surface area contributed by atoms with E-state index in [0.29, 0.717) is 18.6 Å². The monoisotopic (exact) mass is 476 g/mol. The van der Waals surface area contributed by atoms with E-state index in [1.807, 2.05) is 30.6 Å². The number of aromatic nitrogens is 2. The second-order valence-corrected chi connectivity index (χ2v) is 15.6. The summed E-state index contributed by atoms with van der Waals surface area (Å²) in [4.78, 5) is 18.4. The van der Waals surface area contributed by atoms with E-state index >= 15 is 0 Å². The van der Waals surface area contributed by atoms with Crippen LogP contribution in [-0.4, -0.2) is 35.3 Å². The van der Waals surface area contributed by atoms with Gasteiger partial charge in [0.25, 0.3) is 0 Å². The van der Waals surface area contributed by atoms with Crippen LogP contribution in [0.1, 0.15) is 75.1 Å². The molecule has 2 rings (SSSR count). The molecule has 2 aromatic rings. The fourth-order valence-electron chi connectivity index (χ4n) is 3.96. The summed E-state index contributed by atoms with van der Waals surface area (Å²) < 4.78 is 8.59. The van der Waals surface area contributed by atoms with Gasteiger partial charge in [-0.3, -0.25) is 0 Å². The zero-order chi connectivity index (χ0) is 23.7. The molecule has 0 saturated heterocycles. The first-order chi connectivity index (χ1) is 15.2. The Morgan fingerprint density at radius 2 is 1.94 bits per heavy atom. The number of aryl methyl sites for hydroxylation is 1. The lowest BCUT2D eigenvalue weighted by atomic mass is 9.96. The Morgan fingerprint density at radius 3 is 2.47 bits per heavy atom. The molecule has 5 nitrogen and oxygen atoms in total. The van der Waals surface area contributed by atoms with Crippen molar-refractivity contribution in [3.8, 4) is 0 Å². The lowest BCUT2D eigenvalue weighted by molar-refractivity contribution is -0.132. The molecule has 1 N–H and O–H groups in total. The smallest absolute Gasteiger partial charge is 0.332 e. The quantitative estimate of drug-likeness (QED) is 0.236. The summed E-state index contributed by atoms with van der Waals surface area (Å²) in [6.45, 7) is 13.9. The predicted molar refractivity (Wildman–Crippen MR) is 137 cm³/mol. The van der Waals surface area contributed by atoms with Gasteiger partial charge < -0.3 is 14.4 Å². The fraction of sp³-hybridized carbons (Fsp3) is 0.600. The Labute approximate surface area is 198 Å². The fourth-order valence-corrected chi connectivity index (χ4v) is 6.41. The first-order valence-electron chi connectivity index (χ1n) is 11.9. The van der Waals surface area contributed by atoms with Gasteiger partial charge in [0.15, 0.2) is 0 Å². The molecule has 1 unspecified atom stereocenters. The number of ether oxygens (including phenoxy) is 1. The van der Waals surface area contributed by atoms with E-state index in [2.05, 4.69) is 38.1 Å². The molecule has 2 heterocycles. The molecule has 0 aliphatic heterocycles. The highest BCUT2D eigenvalue weighted by Crippen LogP contribution is 2.34. The van der Waals surface area contributed by atoms with Crippen molar-refractivity contribution in [1.82, 2.24) is 9.55 Å². The first kappa shape index (κ1) is 26.5. The summed E-state index contributed by atoms with van der Waals surface area (Å²) in [5.74, 6) is 0.0937. The zero-order valence-electron chi connectivity index (χ0n) is 20.6. The minimum atomic E-state index is -1.78. The molecule has 0 amide bonds. The SMILES string of the molecule is CCCCC(=C(Cc1cccs1)C(=O)O)c1cnc(CCCC)n1C(OCC)[Si](C)(C)C. The molecule has 0 radical (unpaired) electrons. The van der Waals surface area contributed by atoms with Gasteiger partial charge in [0, 0.05) is 29.9 Å². The molecule has 0 aliphatic carbocycles. The average molecular weight is 477 g/mol. The summed E-state index contributed by atoms with van der Waals surface area (Å²) in [6, 6.07) is 3.99. The molecule has 32 heavy (non-hydrogen) atoms. The van der Waals surface area contributed by atoms with Gasteiger partial charge in [-0.1, -0.05) is 52.4 Å². The number of hydrogen-bond acceptors (Lipinski definition) is 4. The van der Waals surface area contributed by atoms with Gasteiger partial charge >= 0.3 is 5.97 Å². The Bertz CT molecular complexity index is 882. The van der Waals surface area contributed by atoms with Crippen molar-refractivity contribution in [3.05, 3.63) is 45.7 Å². The van der Waals surface area contributed by atoms with Gasteiger partial charge in [0.1, 0.15) is 19.7 Å². The summed E-state index contributed by atoms with van der Waals surface area (Å²) in [5.41, 5.74) is 2.32. The van der Waals surface area contributed by atoms with E-state index in [1.54, 1.807) is 11.3 Å². The largest absolute Gasteiger partial charge is 0.478 e. The average Bonchev–Trinajstić information content (AvgIpc) is 3.39. The van der Waals surface area contributed by atoms with E-state index in [1.165, 1.54) is 0 Å². The number of carboxylic acid groups (broad SMARTS) is 1. The third-order valence-corrected chi connectivity index (χ3v) is 8.35. The van der Waals surface area contributed by atoms with Crippen molar-refractivity contribution in [2.75, 3.05) is 6.61 Å². The van der Waals surface area contributed by atoms with E-state index in [9.17, 15) is 9.90 Å². The molecule has 1 atom stereocenters. The molecule has 178 valence electrons. The number of carboxylic acids is 1. The van der Waals surface area contributed by atoms with Crippen LogP contribution >= 0.6 is 11.3 Å². The van der Waals surface area contributed by atoms with Crippen molar-refractivity contribution in [2.45, 2.75) is 91.2 Å². The lowest BCUT2D eigenvalue weighted by Gasteiger charge is -2.33. The molecule has 0 fully saturated rings. The minimum Gasteiger partial charge on any atom is -0.478 e. The van der Waals surface area contributed by atoms with Gasteiger partial charge in [-0.25, -0.2) is 9.78 Å². The topological polar surface area (TPSA) is 64.3 Å². The zero-order valence-corrected chi connectivity index (χ0v) is 22.4. The molecule has 2 aromatic heterocycles. The van der Waals surface area contributed by atoms with Crippen molar-refractivity contribution < 1.29 is 14.6 Å². The summed E-state index contributed by atoms with van der Waals surface area (Å²) in [7, 11) is -1.78. The maximum absolute atomic E-state index is 12.5. The number of thiophene rings is 1. The van der Waals surface area contributed by atoms with E-state index in [-0.39, 0.29) is 5.85 Å². The van der Waals surface area contributed by atoms with Crippen LogP contribution in [0.5, 0.6) is 0 Å². The summed E-state index contributed by atoms with van der Waals surface area (Å²) in [6.07, 6.45) is 8.04. The van der Waals surface area contributed by atoms with E-state index < -0.39 is 14.0 Å². The molecule has 0 spiro atoms. The standard InChI is InChI=1S/C25H40N2O3SSi/c1-7-10-14-20(21(24(28)29)17-19-13-12-16-31-19)22-18-26-23(15-11-8-2)27(22)25(30-9-3)32(4,5)6/h12-13,16,18,25H,7-11,14-15,17H2,1-6H3,(H,28,29). The van der Waals surface area contributed by atoms with Crippen LogP contribution in [0, 0.1) is 0 Å². The number of carbonyl (C=O) groups is 1. The molecule has 0 bridgehead atoms. The van der Waals surface area contributed by atoms with Crippen molar-refractivity contribution in [2.24, 2.45) is 0 Å². The van der Waals surface area contributed by atoms with Gasteiger partial charge in [-0.2, -0.15) is 0 Å². The van der Waals surface area contributed by atoms with Crippen LogP contribution in [0.15, 0.2) is 29.3 Å². The number of hydrogen-bond donors (Lipinski definition) is 1. The highest BCUT2D eigenvalue weighted by molar-refractivity contribution is 7.09. The maximum Gasteiger partial charge on any atom is 0.332 e. The van der Waals surface area contributed by atoms with Crippen LogP contribution < -0.4 is 0 Å². The highest BCUT2D eigenvalue weighted by Gasteiger charge is 2.33. The summed E-state index contributed by atoms with van der Waals surface area (Å²) in [5, 5.41) is 12.2. The highest BCUT2D eigenvalue weighted by atomic mass is 32.1. The van der Waals surface area contributed by atoms with Crippen LogP contribution in [0.4, 0.5) is 0 Å². The second kappa shape index (κ2) is 12.5. The minimum absolute atomic E-state index is 0.0785. The van der Waals surface area contributed by atoms with Gasteiger partial charge in [-0.15, -0.1) is 11.3 Å². The van der Waals surface area contributed by atoms with Gasteiger partial charge in [0.05, 0.1) is 11.9 Å². The Morgan fingerprint density at radius 1 is 1.22 bits per heavy atom. The van der Waals surface area contributed by atoms with Crippen molar-refractivity contribution >= 4 is 31.0 Å². The Balaban J connectivity index is 2.74. The molecule has 0 aliphatic rings. The van der Waals surface area contributed by atoms with Crippen molar-refractivity contribution in [3.63, 3.8) is 0 Å². The van der Waals surface area contributed by atoms with Crippen LogP contribution in [0.25, 0.3) is 5.57 Å². The van der Waals surface area contributed by atoms with Crippen LogP contribution in [-0.2, 0) is 22.4 Å². The molecule has 0 aromatic carbocycles. The third-order valence-electron chi connectivity index (χ3n) is 5.57. The third kappa shape index (κ3) is 6.90. The van der Waals surface area contributed by atoms with Crippen molar-refractivity contribution in [1.29, 1.82) is 0 Å². The van der Waals surface area contributed by atoms with E-state index in [4.69, 9.17) is 9.72 Å². The Hall–Kier alpha value is -1.70. The summed E-state index contributed by atoms with van der Waals surface area (Å²) >= 11 is 1.61.